The molecule has 132 valence electrons. The maximum Gasteiger partial charge on any atom is 0.169 e. The number of rotatable bonds is 5. The first kappa shape index (κ1) is 18.8. The number of ether oxygens (including phenoxy) is 1. The summed E-state index contributed by atoms with van der Waals surface area (Å²) in [5, 5.41) is 4.31. The van der Waals surface area contributed by atoms with Gasteiger partial charge in [-0.3, -0.25) is 0 Å². The van der Waals surface area contributed by atoms with Crippen LogP contribution in [-0.2, 0) is 6.54 Å². The lowest BCUT2D eigenvalue weighted by Crippen LogP contribution is -2.49. The maximum absolute atomic E-state index is 5.71. The highest BCUT2D eigenvalue weighted by Gasteiger charge is 2.20. The molecule has 0 amide bonds. The lowest BCUT2D eigenvalue weighted by Gasteiger charge is -2.34. The van der Waals surface area contributed by atoms with Crippen LogP contribution in [0.25, 0.3) is 0 Å². The van der Waals surface area contributed by atoms with Crippen molar-refractivity contribution in [2.75, 3.05) is 13.7 Å². The first-order chi connectivity index (χ1) is 11.4. The van der Waals surface area contributed by atoms with Gasteiger partial charge < -0.3 is 15.0 Å². The van der Waals surface area contributed by atoms with E-state index in [1.54, 1.807) is 7.11 Å². The van der Waals surface area contributed by atoms with E-state index >= 15 is 0 Å². The van der Waals surface area contributed by atoms with E-state index in [2.05, 4.69) is 55.3 Å². The Hall–Kier alpha value is -1.55. The van der Waals surface area contributed by atoms with E-state index in [-0.39, 0.29) is 5.54 Å². The molecule has 0 fully saturated rings. The molecule has 1 aliphatic carbocycles. The third-order valence-corrected chi connectivity index (χ3v) is 4.52. The summed E-state index contributed by atoms with van der Waals surface area (Å²) in [6.07, 6.45) is 8.17. The van der Waals surface area contributed by atoms with Gasteiger partial charge in [-0.05, 0) is 75.9 Å². The molecule has 0 bridgehead atoms. The van der Waals surface area contributed by atoms with Gasteiger partial charge in [0, 0.05) is 18.6 Å². The van der Waals surface area contributed by atoms with Crippen molar-refractivity contribution in [2.45, 2.75) is 52.1 Å². The average Bonchev–Trinajstić information content (AvgIpc) is 2.54. The second-order valence-corrected chi connectivity index (χ2v) is 7.95. The van der Waals surface area contributed by atoms with Crippen LogP contribution in [0.4, 0.5) is 0 Å². The van der Waals surface area contributed by atoms with E-state index in [0.717, 1.165) is 30.4 Å². The molecule has 1 aliphatic rings. The Labute approximate surface area is 152 Å². The molecule has 0 unspecified atom stereocenters. The van der Waals surface area contributed by atoms with Gasteiger partial charge in [0.05, 0.1) is 7.11 Å². The van der Waals surface area contributed by atoms with Crippen LogP contribution in [0.3, 0.4) is 0 Å². The molecule has 24 heavy (non-hydrogen) atoms. The molecule has 1 N–H and O–H groups in total. The molecule has 4 heteroatoms. The zero-order valence-corrected chi connectivity index (χ0v) is 16.2. The normalized spacial score (nSPS) is 17.4. The highest BCUT2D eigenvalue weighted by atomic mass is 32.1. The Morgan fingerprint density at radius 1 is 1.25 bits per heavy atom. The SMILES string of the molecule is COc1ccc(CN(C[C@H]2CC=CCC2)C(=S)NC(C)(C)C)cc1. The fourth-order valence-electron chi connectivity index (χ4n) is 2.90. The maximum atomic E-state index is 5.71. The van der Waals surface area contributed by atoms with Crippen molar-refractivity contribution < 1.29 is 4.74 Å². The Bertz CT molecular complexity index is 560. The predicted molar refractivity (Wildman–Crippen MR) is 105 cm³/mol. The minimum absolute atomic E-state index is 0.0261. The lowest BCUT2D eigenvalue weighted by atomic mass is 9.94. The molecule has 1 atom stereocenters. The summed E-state index contributed by atoms with van der Waals surface area (Å²) in [5.74, 6) is 1.56. The Morgan fingerprint density at radius 3 is 2.50 bits per heavy atom. The van der Waals surface area contributed by atoms with E-state index < -0.39 is 0 Å². The lowest BCUT2D eigenvalue weighted by molar-refractivity contribution is 0.304. The molecule has 0 radical (unpaired) electrons. The highest BCUT2D eigenvalue weighted by Crippen LogP contribution is 2.21. The molecule has 3 nitrogen and oxygen atoms in total. The largest absolute Gasteiger partial charge is 0.497 e. The molecule has 0 saturated heterocycles. The van der Waals surface area contributed by atoms with Crippen molar-refractivity contribution in [3.8, 4) is 5.75 Å². The van der Waals surface area contributed by atoms with E-state index in [9.17, 15) is 0 Å². The molecular formula is C20H30N2OS. The molecule has 2 rings (SSSR count). The van der Waals surface area contributed by atoms with Gasteiger partial charge in [-0.25, -0.2) is 0 Å². The third kappa shape index (κ3) is 6.16. The van der Waals surface area contributed by atoms with Crippen molar-refractivity contribution in [2.24, 2.45) is 5.92 Å². The monoisotopic (exact) mass is 346 g/mol. The van der Waals surface area contributed by atoms with Crippen molar-refractivity contribution in [1.82, 2.24) is 10.2 Å². The number of benzene rings is 1. The van der Waals surface area contributed by atoms with Gasteiger partial charge in [0.2, 0.25) is 0 Å². The second kappa shape index (κ2) is 8.52. The van der Waals surface area contributed by atoms with Gasteiger partial charge in [0.1, 0.15) is 5.75 Å². The van der Waals surface area contributed by atoms with Crippen LogP contribution < -0.4 is 10.1 Å². The quantitative estimate of drug-likeness (QED) is 0.625. The van der Waals surface area contributed by atoms with E-state index in [1.165, 1.54) is 18.4 Å². The summed E-state index contributed by atoms with van der Waals surface area (Å²) in [6, 6.07) is 8.26. The summed E-state index contributed by atoms with van der Waals surface area (Å²) in [4.78, 5) is 2.31. The molecule has 0 aromatic heterocycles. The van der Waals surface area contributed by atoms with Gasteiger partial charge in [0.25, 0.3) is 0 Å². The standard InChI is InChI=1S/C20H30N2OS/c1-20(2,3)21-19(24)22(14-16-8-6-5-7-9-16)15-17-10-12-18(23-4)13-11-17/h5-6,10-13,16H,7-9,14-15H2,1-4H3,(H,21,24)/t16-/m0/s1. The fourth-order valence-corrected chi connectivity index (χ4v) is 3.35. The second-order valence-electron chi connectivity index (χ2n) is 7.56. The van der Waals surface area contributed by atoms with Gasteiger partial charge in [-0.15, -0.1) is 0 Å². The minimum Gasteiger partial charge on any atom is -0.497 e. The van der Waals surface area contributed by atoms with E-state index in [0.29, 0.717) is 5.92 Å². The predicted octanol–water partition coefficient (Wildman–Crippen LogP) is 4.53. The van der Waals surface area contributed by atoms with E-state index in [1.807, 2.05) is 12.1 Å². The van der Waals surface area contributed by atoms with Crippen molar-refractivity contribution >= 4 is 17.3 Å². The number of nitrogens with zero attached hydrogens (tertiary/aromatic N) is 1. The van der Waals surface area contributed by atoms with Crippen LogP contribution in [0.2, 0.25) is 0 Å². The van der Waals surface area contributed by atoms with Crippen LogP contribution in [0.5, 0.6) is 5.75 Å². The Kier molecular flexibility index (Phi) is 6.67. The van der Waals surface area contributed by atoms with Gasteiger partial charge in [-0.2, -0.15) is 0 Å². The van der Waals surface area contributed by atoms with Gasteiger partial charge in [-0.1, -0.05) is 24.3 Å². The summed E-state index contributed by atoms with van der Waals surface area (Å²) >= 11 is 5.71. The Balaban J connectivity index is 2.07. The zero-order chi connectivity index (χ0) is 17.6. The average molecular weight is 347 g/mol. The van der Waals surface area contributed by atoms with Gasteiger partial charge in [0.15, 0.2) is 5.11 Å². The third-order valence-electron chi connectivity index (χ3n) is 4.16. The molecular weight excluding hydrogens is 316 g/mol. The van der Waals surface area contributed by atoms with Crippen LogP contribution in [0.15, 0.2) is 36.4 Å². The number of allylic oxidation sites excluding steroid dienone is 2. The van der Waals surface area contributed by atoms with Crippen LogP contribution in [-0.4, -0.2) is 29.2 Å². The van der Waals surface area contributed by atoms with Crippen molar-refractivity contribution in [1.29, 1.82) is 0 Å². The first-order valence-corrected chi connectivity index (χ1v) is 9.13. The first-order valence-electron chi connectivity index (χ1n) is 8.72. The smallest absolute Gasteiger partial charge is 0.169 e. The number of thiocarbonyl (C=S) groups is 1. The Morgan fingerprint density at radius 2 is 1.96 bits per heavy atom. The molecule has 0 heterocycles. The summed E-state index contributed by atoms with van der Waals surface area (Å²) < 4.78 is 5.25. The topological polar surface area (TPSA) is 24.5 Å². The van der Waals surface area contributed by atoms with Crippen LogP contribution in [0.1, 0.15) is 45.6 Å². The molecule has 0 saturated carbocycles. The van der Waals surface area contributed by atoms with Crippen molar-refractivity contribution in [3.05, 3.63) is 42.0 Å². The fraction of sp³-hybridized carbons (Fsp3) is 0.550. The molecule has 1 aromatic carbocycles. The molecule has 0 spiro atoms. The number of methoxy groups -OCH3 is 1. The molecule has 1 aromatic rings. The van der Waals surface area contributed by atoms with E-state index in [4.69, 9.17) is 17.0 Å². The van der Waals surface area contributed by atoms with Crippen molar-refractivity contribution in [3.63, 3.8) is 0 Å². The summed E-state index contributed by atoms with van der Waals surface area (Å²) in [5.41, 5.74) is 1.22. The zero-order valence-electron chi connectivity index (χ0n) is 15.3. The summed E-state index contributed by atoms with van der Waals surface area (Å²) in [7, 11) is 1.69. The number of hydrogen-bond donors (Lipinski definition) is 1. The van der Waals surface area contributed by atoms with Crippen LogP contribution in [0, 0.1) is 5.92 Å². The number of hydrogen-bond acceptors (Lipinski definition) is 2. The number of nitrogens with one attached hydrogen (secondary N) is 1. The highest BCUT2D eigenvalue weighted by molar-refractivity contribution is 7.80. The summed E-state index contributed by atoms with van der Waals surface area (Å²) in [6.45, 7) is 8.26. The minimum atomic E-state index is -0.0261. The van der Waals surface area contributed by atoms with Gasteiger partial charge >= 0.3 is 0 Å². The van der Waals surface area contributed by atoms with Crippen LogP contribution >= 0.6 is 12.2 Å². The molecule has 0 aliphatic heterocycles.